The minimum Gasteiger partial charge on any atom is -0.482 e. The lowest BCUT2D eigenvalue weighted by Crippen LogP contribution is -2.37. The molecule has 8 heteroatoms. The first-order chi connectivity index (χ1) is 9.38. The Bertz CT molecular complexity index is 608. The summed E-state index contributed by atoms with van der Waals surface area (Å²) in [6.45, 7) is 1.54. The first kappa shape index (κ1) is 14.7. The molecule has 1 aromatic carbocycles. The summed E-state index contributed by atoms with van der Waals surface area (Å²) in [6, 6.07) is 3.72. The van der Waals surface area contributed by atoms with Gasteiger partial charge in [-0.1, -0.05) is 0 Å². The Morgan fingerprint density at radius 3 is 2.75 bits per heavy atom. The third-order valence-corrected chi connectivity index (χ3v) is 4.21. The molecule has 1 aliphatic heterocycles. The van der Waals surface area contributed by atoms with Crippen LogP contribution in [0.1, 0.15) is 12.8 Å². The molecule has 1 fully saturated rings. The highest BCUT2D eigenvalue weighted by Gasteiger charge is 2.23. The van der Waals surface area contributed by atoms with Crippen LogP contribution < -0.4 is 10.1 Å². The average molecular weight is 300 g/mol. The molecule has 20 heavy (non-hydrogen) atoms. The lowest BCUT2D eigenvalue weighted by atomic mass is 10.1. The number of benzene rings is 1. The van der Waals surface area contributed by atoms with E-state index in [1.807, 2.05) is 0 Å². The first-order valence-electron chi connectivity index (χ1n) is 6.24. The van der Waals surface area contributed by atoms with Gasteiger partial charge in [-0.05, 0) is 31.5 Å². The van der Waals surface area contributed by atoms with E-state index in [0.717, 1.165) is 31.7 Å². The van der Waals surface area contributed by atoms with Gasteiger partial charge in [0, 0.05) is 18.9 Å². The number of nitro benzene ring substituents is 1. The van der Waals surface area contributed by atoms with Gasteiger partial charge in [0.05, 0.1) is 9.82 Å². The molecule has 1 heterocycles. The fraction of sp³-hybridized carbons (Fsp3) is 0.500. The molecule has 1 aliphatic rings. The predicted molar refractivity (Wildman–Crippen MR) is 72.7 cm³/mol. The molecule has 1 aromatic rings. The minimum atomic E-state index is -3.48. The van der Waals surface area contributed by atoms with E-state index in [4.69, 9.17) is 4.74 Å². The molecule has 2 rings (SSSR count). The molecular formula is C12H16N2O5S. The minimum absolute atomic E-state index is 0.0849. The van der Waals surface area contributed by atoms with Crippen LogP contribution >= 0.6 is 0 Å². The first-order valence-corrected chi connectivity index (χ1v) is 8.13. The molecule has 1 saturated heterocycles. The lowest BCUT2D eigenvalue weighted by molar-refractivity contribution is -0.386. The summed E-state index contributed by atoms with van der Waals surface area (Å²) in [5, 5.41) is 14.2. The molecule has 0 aliphatic carbocycles. The highest BCUT2D eigenvalue weighted by molar-refractivity contribution is 7.90. The van der Waals surface area contributed by atoms with E-state index in [9.17, 15) is 18.5 Å². The van der Waals surface area contributed by atoms with Crippen molar-refractivity contribution in [3.63, 3.8) is 0 Å². The Balaban J connectivity index is 2.30. The molecule has 0 spiro atoms. The van der Waals surface area contributed by atoms with Crippen molar-refractivity contribution >= 4 is 15.5 Å². The number of piperidine rings is 1. The molecule has 0 bridgehead atoms. The van der Waals surface area contributed by atoms with E-state index in [-0.39, 0.29) is 22.4 Å². The zero-order chi connectivity index (χ0) is 14.8. The van der Waals surface area contributed by atoms with Gasteiger partial charge in [-0.15, -0.1) is 0 Å². The Hall–Kier alpha value is -1.67. The van der Waals surface area contributed by atoms with Gasteiger partial charge in [0.15, 0.2) is 15.6 Å². The van der Waals surface area contributed by atoms with E-state index < -0.39 is 14.8 Å². The van der Waals surface area contributed by atoms with Crippen LogP contribution in [0.3, 0.4) is 0 Å². The Kier molecular flexibility index (Phi) is 4.24. The van der Waals surface area contributed by atoms with Gasteiger partial charge >= 0.3 is 5.69 Å². The standard InChI is InChI=1S/C12H16N2O5S/c1-20(17,18)10-4-5-12(11(7-10)14(15)16)19-9-3-2-6-13-8-9/h4-5,7,9,13H,2-3,6,8H2,1H3. The molecule has 1 N–H and O–H groups in total. The molecule has 0 amide bonds. The maximum Gasteiger partial charge on any atom is 0.312 e. The second-order valence-corrected chi connectivity index (χ2v) is 6.76. The van der Waals surface area contributed by atoms with Gasteiger partial charge in [-0.3, -0.25) is 10.1 Å². The van der Waals surface area contributed by atoms with E-state index >= 15 is 0 Å². The zero-order valence-electron chi connectivity index (χ0n) is 11.0. The summed E-state index contributed by atoms with van der Waals surface area (Å²) in [5.74, 6) is 0.108. The van der Waals surface area contributed by atoms with Crippen molar-refractivity contribution in [2.45, 2.75) is 23.8 Å². The van der Waals surface area contributed by atoms with E-state index in [2.05, 4.69) is 5.32 Å². The Morgan fingerprint density at radius 2 is 2.20 bits per heavy atom. The number of sulfone groups is 1. The van der Waals surface area contributed by atoms with Crippen molar-refractivity contribution in [1.29, 1.82) is 0 Å². The summed E-state index contributed by atoms with van der Waals surface area (Å²) in [4.78, 5) is 10.3. The quantitative estimate of drug-likeness (QED) is 0.661. The monoisotopic (exact) mass is 300 g/mol. The number of rotatable bonds is 4. The van der Waals surface area contributed by atoms with Crippen LogP contribution in [-0.4, -0.2) is 38.8 Å². The summed E-state index contributed by atoms with van der Waals surface area (Å²) in [7, 11) is -3.48. The topological polar surface area (TPSA) is 98.5 Å². The van der Waals surface area contributed by atoms with Crippen LogP contribution in [-0.2, 0) is 9.84 Å². The average Bonchev–Trinajstić information content (AvgIpc) is 2.38. The lowest BCUT2D eigenvalue weighted by Gasteiger charge is -2.23. The van der Waals surface area contributed by atoms with Crippen molar-refractivity contribution in [3.8, 4) is 5.75 Å². The number of hydrogen-bond donors (Lipinski definition) is 1. The van der Waals surface area contributed by atoms with Gasteiger partial charge in [-0.2, -0.15) is 0 Å². The molecule has 7 nitrogen and oxygen atoms in total. The maximum absolute atomic E-state index is 11.4. The number of nitrogens with zero attached hydrogens (tertiary/aromatic N) is 1. The smallest absolute Gasteiger partial charge is 0.312 e. The van der Waals surface area contributed by atoms with Crippen LogP contribution in [0.4, 0.5) is 5.69 Å². The number of ether oxygens (including phenoxy) is 1. The number of hydrogen-bond acceptors (Lipinski definition) is 6. The third-order valence-electron chi connectivity index (χ3n) is 3.10. The third kappa shape index (κ3) is 3.45. The molecular weight excluding hydrogens is 284 g/mol. The number of nitrogens with one attached hydrogen (secondary N) is 1. The molecule has 1 atom stereocenters. The van der Waals surface area contributed by atoms with Gasteiger partial charge in [0.2, 0.25) is 0 Å². The predicted octanol–water partition coefficient (Wildman–Crippen LogP) is 1.13. The SMILES string of the molecule is CS(=O)(=O)c1ccc(OC2CCCNC2)c([N+](=O)[O-])c1. The van der Waals surface area contributed by atoms with Crippen molar-refractivity contribution < 1.29 is 18.1 Å². The van der Waals surface area contributed by atoms with Crippen LogP contribution in [0.2, 0.25) is 0 Å². The second kappa shape index (κ2) is 5.76. The maximum atomic E-state index is 11.4. The van der Waals surface area contributed by atoms with Crippen molar-refractivity contribution in [3.05, 3.63) is 28.3 Å². The van der Waals surface area contributed by atoms with Crippen LogP contribution in [0.5, 0.6) is 5.75 Å². The highest BCUT2D eigenvalue weighted by Crippen LogP contribution is 2.31. The van der Waals surface area contributed by atoms with Gasteiger partial charge in [0.25, 0.3) is 0 Å². The molecule has 0 saturated carbocycles. The van der Waals surface area contributed by atoms with Gasteiger partial charge in [0.1, 0.15) is 6.10 Å². The van der Waals surface area contributed by atoms with Crippen LogP contribution in [0.15, 0.2) is 23.1 Å². The zero-order valence-corrected chi connectivity index (χ0v) is 11.9. The van der Waals surface area contributed by atoms with Crippen molar-refractivity contribution in [2.24, 2.45) is 0 Å². The summed E-state index contributed by atoms with van der Waals surface area (Å²) >= 11 is 0. The van der Waals surface area contributed by atoms with Gasteiger partial charge in [-0.25, -0.2) is 8.42 Å². The van der Waals surface area contributed by atoms with Crippen molar-refractivity contribution in [2.75, 3.05) is 19.3 Å². The molecule has 1 unspecified atom stereocenters. The van der Waals surface area contributed by atoms with Gasteiger partial charge < -0.3 is 10.1 Å². The summed E-state index contributed by atoms with van der Waals surface area (Å²) < 4.78 is 28.5. The number of nitro groups is 1. The fourth-order valence-electron chi connectivity index (χ4n) is 2.07. The fourth-order valence-corrected chi connectivity index (χ4v) is 2.71. The van der Waals surface area contributed by atoms with E-state index in [1.165, 1.54) is 12.1 Å². The van der Waals surface area contributed by atoms with Crippen molar-refractivity contribution in [1.82, 2.24) is 5.32 Å². The van der Waals surface area contributed by atoms with Crippen LogP contribution in [0.25, 0.3) is 0 Å². The second-order valence-electron chi connectivity index (χ2n) is 4.75. The Morgan fingerprint density at radius 1 is 1.45 bits per heavy atom. The summed E-state index contributed by atoms with van der Waals surface area (Å²) in [6.07, 6.45) is 2.64. The molecule has 110 valence electrons. The van der Waals surface area contributed by atoms with E-state index in [0.29, 0.717) is 6.54 Å². The van der Waals surface area contributed by atoms with E-state index in [1.54, 1.807) is 0 Å². The summed E-state index contributed by atoms with van der Waals surface area (Å²) in [5.41, 5.74) is -0.321. The Labute approximate surface area is 117 Å². The molecule has 0 radical (unpaired) electrons. The largest absolute Gasteiger partial charge is 0.482 e. The molecule has 0 aromatic heterocycles. The highest BCUT2D eigenvalue weighted by atomic mass is 32.2. The van der Waals surface area contributed by atoms with Crippen LogP contribution in [0, 0.1) is 10.1 Å². The normalized spacial score (nSPS) is 19.6.